The summed E-state index contributed by atoms with van der Waals surface area (Å²) in [7, 11) is 0. The lowest BCUT2D eigenvalue weighted by atomic mass is 10.3. The molecule has 0 spiro atoms. The number of aliphatic hydroxyl groups is 1. The third-order valence-corrected chi connectivity index (χ3v) is 2.12. The van der Waals surface area contributed by atoms with Gasteiger partial charge in [-0.05, 0) is 25.1 Å². The van der Waals surface area contributed by atoms with E-state index in [4.69, 9.17) is 0 Å². The van der Waals surface area contributed by atoms with Crippen LogP contribution in [0.5, 0.6) is 0 Å². The standard InChI is InChI=1S/C12H20N2O/c1-2-8-13-9-12(15)10-14-11-6-4-3-5-7-11/h3-7,12-15H,2,8-10H2,1H3. The summed E-state index contributed by atoms with van der Waals surface area (Å²) >= 11 is 0. The van der Waals surface area contributed by atoms with Crippen LogP contribution in [-0.2, 0) is 0 Å². The lowest BCUT2D eigenvalue weighted by Gasteiger charge is -2.13. The van der Waals surface area contributed by atoms with Crippen LogP contribution in [0.1, 0.15) is 13.3 Å². The molecule has 0 aliphatic carbocycles. The van der Waals surface area contributed by atoms with Gasteiger partial charge in [0.2, 0.25) is 0 Å². The van der Waals surface area contributed by atoms with E-state index in [-0.39, 0.29) is 6.10 Å². The topological polar surface area (TPSA) is 44.3 Å². The van der Waals surface area contributed by atoms with Crippen LogP contribution < -0.4 is 10.6 Å². The SMILES string of the molecule is CCCNCC(O)CNc1ccccc1. The van der Waals surface area contributed by atoms with E-state index in [0.29, 0.717) is 13.1 Å². The number of hydrogen-bond donors (Lipinski definition) is 3. The van der Waals surface area contributed by atoms with Gasteiger partial charge < -0.3 is 15.7 Å². The first-order valence-electron chi connectivity index (χ1n) is 5.50. The fourth-order valence-electron chi connectivity index (χ4n) is 1.31. The molecule has 3 nitrogen and oxygen atoms in total. The molecule has 1 unspecified atom stereocenters. The molecule has 0 saturated heterocycles. The predicted octanol–water partition coefficient (Wildman–Crippen LogP) is 1.46. The van der Waals surface area contributed by atoms with Gasteiger partial charge in [0.25, 0.3) is 0 Å². The monoisotopic (exact) mass is 208 g/mol. The fraction of sp³-hybridized carbons (Fsp3) is 0.500. The summed E-state index contributed by atoms with van der Waals surface area (Å²) in [5.74, 6) is 0. The highest BCUT2D eigenvalue weighted by molar-refractivity contribution is 5.42. The van der Waals surface area contributed by atoms with Gasteiger partial charge in [0.15, 0.2) is 0 Å². The number of para-hydroxylation sites is 1. The Labute approximate surface area is 91.5 Å². The normalized spacial score (nSPS) is 12.4. The van der Waals surface area contributed by atoms with E-state index in [1.807, 2.05) is 30.3 Å². The van der Waals surface area contributed by atoms with Crippen LogP contribution in [-0.4, -0.2) is 30.8 Å². The highest BCUT2D eigenvalue weighted by atomic mass is 16.3. The number of anilines is 1. The summed E-state index contributed by atoms with van der Waals surface area (Å²) in [6.45, 7) is 4.30. The molecule has 1 aromatic rings. The zero-order valence-corrected chi connectivity index (χ0v) is 9.24. The highest BCUT2D eigenvalue weighted by Gasteiger charge is 2.01. The predicted molar refractivity (Wildman–Crippen MR) is 64.1 cm³/mol. The molecule has 1 aromatic carbocycles. The molecular weight excluding hydrogens is 188 g/mol. The smallest absolute Gasteiger partial charge is 0.0836 e. The largest absolute Gasteiger partial charge is 0.390 e. The molecule has 0 saturated carbocycles. The summed E-state index contributed by atoms with van der Waals surface area (Å²) in [5, 5.41) is 16.0. The second-order valence-electron chi connectivity index (χ2n) is 3.60. The second kappa shape index (κ2) is 7.26. The van der Waals surface area contributed by atoms with Gasteiger partial charge in [-0.15, -0.1) is 0 Å². The Balaban J connectivity index is 2.14. The van der Waals surface area contributed by atoms with E-state index < -0.39 is 0 Å². The van der Waals surface area contributed by atoms with Crippen LogP contribution in [0, 0.1) is 0 Å². The maximum atomic E-state index is 9.61. The van der Waals surface area contributed by atoms with E-state index in [1.165, 1.54) is 0 Å². The third-order valence-electron chi connectivity index (χ3n) is 2.12. The maximum Gasteiger partial charge on any atom is 0.0836 e. The van der Waals surface area contributed by atoms with Gasteiger partial charge in [-0.1, -0.05) is 25.1 Å². The molecule has 1 atom stereocenters. The first kappa shape index (κ1) is 12.0. The van der Waals surface area contributed by atoms with Crippen molar-refractivity contribution in [1.29, 1.82) is 0 Å². The number of aliphatic hydroxyl groups excluding tert-OH is 1. The van der Waals surface area contributed by atoms with Gasteiger partial charge in [0.05, 0.1) is 6.10 Å². The average molecular weight is 208 g/mol. The van der Waals surface area contributed by atoms with Crippen LogP contribution >= 0.6 is 0 Å². The van der Waals surface area contributed by atoms with Gasteiger partial charge >= 0.3 is 0 Å². The molecule has 0 aliphatic heterocycles. The summed E-state index contributed by atoms with van der Waals surface area (Å²) in [4.78, 5) is 0. The van der Waals surface area contributed by atoms with Crippen LogP contribution in [0.4, 0.5) is 5.69 Å². The van der Waals surface area contributed by atoms with E-state index in [2.05, 4.69) is 17.6 Å². The van der Waals surface area contributed by atoms with Gasteiger partial charge in [-0.3, -0.25) is 0 Å². The minimum Gasteiger partial charge on any atom is -0.390 e. The van der Waals surface area contributed by atoms with Crippen LogP contribution in [0.2, 0.25) is 0 Å². The van der Waals surface area contributed by atoms with Crippen LogP contribution in [0.3, 0.4) is 0 Å². The maximum absolute atomic E-state index is 9.61. The molecule has 0 bridgehead atoms. The zero-order valence-electron chi connectivity index (χ0n) is 9.24. The first-order valence-corrected chi connectivity index (χ1v) is 5.50. The van der Waals surface area contributed by atoms with Crippen molar-refractivity contribution >= 4 is 5.69 Å². The van der Waals surface area contributed by atoms with Crippen molar-refractivity contribution in [3.63, 3.8) is 0 Å². The molecule has 0 amide bonds. The van der Waals surface area contributed by atoms with Crippen molar-refractivity contribution in [2.75, 3.05) is 25.0 Å². The minimum absolute atomic E-state index is 0.336. The molecule has 0 aliphatic rings. The van der Waals surface area contributed by atoms with Crippen molar-refractivity contribution < 1.29 is 5.11 Å². The second-order valence-corrected chi connectivity index (χ2v) is 3.60. The molecule has 84 valence electrons. The Morgan fingerprint density at radius 3 is 2.60 bits per heavy atom. The highest BCUT2D eigenvalue weighted by Crippen LogP contribution is 2.04. The van der Waals surface area contributed by atoms with Gasteiger partial charge in [0, 0.05) is 18.8 Å². The van der Waals surface area contributed by atoms with E-state index in [9.17, 15) is 5.11 Å². The molecule has 0 heterocycles. The molecule has 0 fully saturated rings. The summed E-state index contributed by atoms with van der Waals surface area (Å²) < 4.78 is 0. The molecule has 15 heavy (non-hydrogen) atoms. The Bertz CT molecular complexity index is 251. The Kier molecular flexibility index (Phi) is 5.81. The molecule has 0 aromatic heterocycles. The summed E-state index contributed by atoms with van der Waals surface area (Å²) in [5.41, 5.74) is 1.05. The quantitative estimate of drug-likeness (QED) is 0.594. The van der Waals surface area contributed by atoms with Crippen molar-refractivity contribution in [3.05, 3.63) is 30.3 Å². The van der Waals surface area contributed by atoms with Gasteiger partial charge in [0.1, 0.15) is 0 Å². The molecule has 3 N–H and O–H groups in total. The van der Waals surface area contributed by atoms with Crippen LogP contribution in [0.25, 0.3) is 0 Å². The molecule has 3 heteroatoms. The summed E-state index contributed by atoms with van der Waals surface area (Å²) in [6, 6.07) is 9.91. The number of rotatable bonds is 7. The Morgan fingerprint density at radius 2 is 1.93 bits per heavy atom. The number of hydrogen-bond acceptors (Lipinski definition) is 3. The first-order chi connectivity index (χ1) is 7.33. The summed E-state index contributed by atoms with van der Waals surface area (Å²) in [6.07, 6.45) is 0.760. The molecule has 0 radical (unpaired) electrons. The van der Waals surface area contributed by atoms with Gasteiger partial charge in [-0.2, -0.15) is 0 Å². The van der Waals surface area contributed by atoms with Crippen molar-refractivity contribution in [2.45, 2.75) is 19.4 Å². The van der Waals surface area contributed by atoms with Crippen molar-refractivity contribution in [2.24, 2.45) is 0 Å². The van der Waals surface area contributed by atoms with Gasteiger partial charge in [-0.25, -0.2) is 0 Å². The lowest BCUT2D eigenvalue weighted by Crippen LogP contribution is -2.32. The van der Waals surface area contributed by atoms with Crippen molar-refractivity contribution in [3.8, 4) is 0 Å². The Morgan fingerprint density at radius 1 is 1.20 bits per heavy atom. The van der Waals surface area contributed by atoms with E-state index >= 15 is 0 Å². The zero-order chi connectivity index (χ0) is 10.9. The average Bonchev–Trinajstić information content (AvgIpc) is 2.28. The number of nitrogens with one attached hydrogen (secondary N) is 2. The van der Waals surface area contributed by atoms with Crippen LogP contribution in [0.15, 0.2) is 30.3 Å². The van der Waals surface area contributed by atoms with E-state index in [0.717, 1.165) is 18.7 Å². The minimum atomic E-state index is -0.336. The number of benzene rings is 1. The lowest BCUT2D eigenvalue weighted by molar-refractivity contribution is 0.184. The van der Waals surface area contributed by atoms with Crippen molar-refractivity contribution in [1.82, 2.24) is 5.32 Å². The van der Waals surface area contributed by atoms with E-state index in [1.54, 1.807) is 0 Å². The Hall–Kier alpha value is -1.06. The molecule has 1 rings (SSSR count). The third kappa shape index (κ3) is 5.40. The fourth-order valence-corrected chi connectivity index (χ4v) is 1.31. The molecular formula is C12H20N2O.